The van der Waals surface area contributed by atoms with Crippen molar-refractivity contribution in [2.24, 2.45) is 0 Å². The Kier molecular flexibility index (Phi) is 4.73. The third-order valence-electron chi connectivity index (χ3n) is 3.41. The normalized spacial score (nSPS) is 16.9. The second-order valence-corrected chi connectivity index (χ2v) is 5.40. The molecule has 1 aliphatic heterocycles. The number of hydrogen-bond acceptors (Lipinski definition) is 4. The lowest BCUT2D eigenvalue weighted by molar-refractivity contribution is -0.135. The van der Waals surface area contributed by atoms with Crippen molar-refractivity contribution in [3.05, 3.63) is 22.7 Å². The third-order valence-corrected chi connectivity index (χ3v) is 3.74. The minimum atomic E-state index is -0.313. The Morgan fingerprint density at radius 3 is 2.75 bits per heavy atom. The Balaban J connectivity index is 2.05. The Hall–Kier alpha value is -1.46. The first kappa shape index (κ1) is 14.9. The number of amides is 1. The molecule has 5 nitrogen and oxygen atoms in total. The highest BCUT2D eigenvalue weighted by Gasteiger charge is 2.22. The summed E-state index contributed by atoms with van der Waals surface area (Å²) < 4.78 is 5.25. The van der Waals surface area contributed by atoms with Gasteiger partial charge in [-0.2, -0.15) is 0 Å². The number of anilines is 2. The monoisotopic (exact) mass is 297 g/mol. The molecule has 0 saturated carbocycles. The van der Waals surface area contributed by atoms with Crippen LogP contribution in [-0.4, -0.2) is 43.2 Å². The van der Waals surface area contributed by atoms with Crippen molar-refractivity contribution < 1.29 is 9.53 Å². The van der Waals surface area contributed by atoms with E-state index >= 15 is 0 Å². The smallest absolute Gasteiger partial charge is 0.244 e. The second-order valence-electron chi connectivity index (χ2n) is 4.99. The van der Waals surface area contributed by atoms with Gasteiger partial charge in [0, 0.05) is 18.8 Å². The highest BCUT2D eigenvalue weighted by molar-refractivity contribution is 6.33. The van der Waals surface area contributed by atoms with Crippen molar-refractivity contribution in [1.29, 1.82) is 0 Å². The molecule has 1 unspecified atom stereocenters. The largest absolute Gasteiger partial charge is 0.398 e. The molecule has 110 valence electrons. The number of carbonyl (C=O) groups excluding carboxylic acids is 1. The lowest BCUT2D eigenvalue weighted by Gasteiger charge is -2.30. The first-order valence-corrected chi connectivity index (χ1v) is 7.05. The fourth-order valence-electron chi connectivity index (χ4n) is 2.21. The lowest BCUT2D eigenvalue weighted by atomic mass is 10.1. The molecule has 0 aliphatic carbocycles. The van der Waals surface area contributed by atoms with Crippen molar-refractivity contribution in [3.8, 4) is 0 Å². The quantitative estimate of drug-likeness (QED) is 0.836. The number of benzene rings is 1. The van der Waals surface area contributed by atoms with Crippen molar-refractivity contribution >= 4 is 28.9 Å². The number of nitrogen functional groups attached to an aromatic ring is 1. The number of morpholine rings is 1. The van der Waals surface area contributed by atoms with Crippen LogP contribution in [0.5, 0.6) is 0 Å². The number of nitrogens with one attached hydrogen (secondary N) is 1. The van der Waals surface area contributed by atoms with E-state index in [0.29, 0.717) is 37.0 Å². The van der Waals surface area contributed by atoms with Gasteiger partial charge in [-0.1, -0.05) is 11.6 Å². The number of aryl methyl sites for hydroxylation is 1. The minimum Gasteiger partial charge on any atom is -0.398 e. The number of hydrogen-bond donors (Lipinski definition) is 2. The average molecular weight is 298 g/mol. The van der Waals surface area contributed by atoms with Gasteiger partial charge in [0.1, 0.15) is 6.04 Å². The predicted octanol–water partition coefficient (Wildman–Crippen LogP) is 1.89. The molecule has 3 N–H and O–H groups in total. The molecule has 1 heterocycles. The Morgan fingerprint density at radius 2 is 2.10 bits per heavy atom. The first-order valence-electron chi connectivity index (χ1n) is 6.67. The summed E-state index contributed by atoms with van der Waals surface area (Å²) in [7, 11) is 0. The molecular formula is C14H20ClN3O2. The van der Waals surface area contributed by atoms with Crippen LogP contribution in [0.3, 0.4) is 0 Å². The van der Waals surface area contributed by atoms with E-state index in [9.17, 15) is 4.79 Å². The highest BCUT2D eigenvalue weighted by Crippen LogP contribution is 2.27. The van der Waals surface area contributed by atoms with Crippen LogP contribution in [0.1, 0.15) is 12.5 Å². The van der Waals surface area contributed by atoms with Crippen LogP contribution in [0.4, 0.5) is 11.4 Å². The summed E-state index contributed by atoms with van der Waals surface area (Å²) in [6, 6.07) is 3.25. The first-order chi connectivity index (χ1) is 9.49. The number of nitrogens with zero attached hydrogens (tertiary/aromatic N) is 1. The lowest BCUT2D eigenvalue weighted by Crippen LogP contribution is -2.47. The Morgan fingerprint density at radius 1 is 1.45 bits per heavy atom. The fourth-order valence-corrected chi connectivity index (χ4v) is 2.38. The molecule has 6 heteroatoms. The summed E-state index contributed by atoms with van der Waals surface area (Å²) in [6.45, 7) is 6.28. The van der Waals surface area contributed by atoms with Gasteiger partial charge in [-0.15, -0.1) is 0 Å². The van der Waals surface area contributed by atoms with Crippen molar-refractivity contribution in [2.45, 2.75) is 19.9 Å². The molecule has 1 atom stereocenters. The van der Waals surface area contributed by atoms with Gasteiger partial charge >= 0.3 is 0 Å². The molecule has 1 saturated heterocycles. The molecule has 0 spiro atoms. The van der Waals surface area contributed by atoms with Gasteiger partial charge in [0.25, 0.3) is 0 Å². The Bertz CT molecular complexity index is 501. The van der Waals surface area contributed by atoms with Crippen LogP contribution in [0.25, 0.3) is 0 Å². The van der Waals surface area contributed by atoms with Gasteiger partial charge in [-0.25, -0.2) is 0 Å². The van der Waals surface area contributed by atoms with E-state index in [4.69, 9.17) is 22.1 Å². The molecule has 1 aromatic carbocycles. The maximum absolute atomic E-state index is 12.3. The zero-order valence-corrected chi connectivity index (χ0v) is 12.5. The summed E-state index contributed by atoms with van der Waals surface area (Å²) in [5.74, 6) is 0.0700. The molecule has 2 rings (SSSR count). The van der Waals surface area contributed by atoms with Gasteiger partial charge < -0.3 is 20.7 Å². The van der Waals surface area contributed by atoms with E-state index in [0.717, 1.165) is 11.3 Å². The van der Waals surface area contributed by atoms with Crippen LogP contribution < -0.4 is 11.1 Å². The maximum Gasteiger partial charge on any atom is 0.244 e. The van der Waals surface area contributed by atoms with E-state index in [1.807, 2.05) is 18.7 Å². The maximum atomic E-state index is 12.3. The third kappa shape index (κ3) is 3.35. The van der Waals surface area contributed by atoms with Crippen LogP contribution in [0.2, 0.25) is 5.02 Å². The van der Waals surface area contributed by atoms with E-state index < -0.39 is 0 Å². The van der Waals surface area contributed by atoms with E-state index in [-0.39, 0.29) is 11.9 Å². The molecule has 0 bridgehead atoms. The molecule has 1 aromatic rings. The number of rotatable bonds is 3. The zero-order valence-electron chi connectivity index (χ0n) is 11.8. The number of carbonyl (C=O) groups is 1. The van der Waals surface area contributed by atoms with Crippen LogP contribution in [0.15, 0.2) is 12.1 Å². The summed E-state index contributed by atoms with van der Waals surface area (Å²) in [6.07, 6.45) is 0. The van der Waals surface area contributed by atoms with Crippen LogP contribution in [-0.2, 0) is 9.53 Å². The SMILES string of the molecule is Cc1cc(N)c(Cl)cc1NC(C)C(=O)N1CCOCC1. The topological polar surface area (TPSA) is 67.6 Å². The molecule has 1 aliphatic rings. The van der Waals surface area contributed by atoms with Crippen molar-refractivity contribution in [2.75, 3.05) is 37.4 Å². The molecule has 0 aromatic heterocycles. The van der Waals surface area contributed by atoms with E-state index in [1.165, 1.54) is 0 Å². The van der Waals surface area contributed by atoms with Crippen molar-refractivity contribution in [1.82, 2.24) is 4.90 Å². The van der Waals surface area contributed by atoms with Crippen molar-refractivity contribution in [3.63, 3.8) is 0 Å². The van der Waals surface area contributed by atoms with Crippen LogP contribution in [0, 0.1) is 6.92 Å². The number of halogens is 1. The molecular weight excluding hydrogens is 278 g/mol. The predicted molar refractivity (Wildman–Crippen MR) is 81.1 cm³/mol. The zero-order chi connectivity index (χ0) is 14.7. The Labute approximate surface area is 124 Å². The summed E-state index contributed by atoms with van der Waals surface area (Å²) >= 11 is 6.02. The average Bonchev–Trinajstić information content (AvgIpc) is 2.44. The van der Waals surface area contributed by atoms with E-state index in [2.05, 4.69) is 5.32 Å². The molecule has 0 radical (unpaired) electrons. The standard InChI is InChI=1S/C14H20ClN3O2/c1-9-7-12(16)11(15)8-13(9)17-10(2)14(19)18-3-5-20-6-4-18/h7-8,10,17H,3-6,16H2,1-2H3. The summed E-state index contributed by atoms with van der Waals surface area (Å²) in [4.78, 5) is 14.1. The molecule has 1 amide bonds. The van der Waals surface area contributed by atoms with Gasteiger partial charge in [-0.3, -0.25) is 4.79 Å². The number of ether oxygens (including phenoxy) is 1. The highest BCUT2D eigenvalue weighted by atomic mass is 35.5. The number of nitrogens with two attached hydrogens (primary N) is 1. The summed E-state index contributed by atoms with van der Waals surface area (Å²) in [5.41, 5.74) is 8.09. The fraction of sp³-hybridized carbons (Fsp3) is 0.500. The van der Waals surface area contributed by atoms with Crippen LogP contribution >= 0.6 is 11.6 Å². The second kappa shape index (κ2) is 6.33. The van der Waals surface area contributed by atoms with Gasteiger partial charge in [-0.05, 0) is 31.5 Å². The minimum absolute atomic E-state index is 0.0700. The summed E-state index contributed by atoms with van der Waals surface area (Å²) in [5, 5.41) is 3.69. The molecule has 1 fully saturated rings. The van der Waals surface area contributed by atoms with Gasteiger partial charge in [0.05, 0.1) is 23.9 Å². The van der Waals surface area contributed by atoms with Gasteiger partial charge in [0.2, 0.25) is 5.91 Å². The van der Waals surface area contributed by atoms with E-state index in [1.54, 1.807) is 12.1 Å². The van der Waals surface area contributed by atoms with Gasteiger partial charge in [0.15, 0.2) is 0 Å². The molecule has 20 heavy (non-hydrogen) atoms.